The van der Waals surface area contributed by atoms with Crippen LogP contribution in [-0.2, 0) is 11.2 Å². The number of nitrogens with one attached hydrogen (secondary N) is 2. The fourth-order valence-corrected chi connectivity index (χ4v) is 2.53. The van der Waals surface area contributed by atoms with E-state index in [1.54, 1.807) is 12.1 Å². The van der Waals surface area contributed by atoms with Crippen LogP contribution in [0.5, 0.6) is 0 Å². The number of amides is 1. The number of anilines is 2. The van der Waals surface area contributed by atoms with Gasteiger partial charge in [0.05, 0.1) is 4.92 Å². The zero-order valence-corrected chi connectivity index (χ0v) is 12.4. The maximum absolute atomic E-state index is 11.5. The molecule has 6 nitrogen and oxygen atoms in total. The lowest BCUT2D eigenvalue weighted by molar-refractivity contribution is -0.384. The van der Waals surface area contributed by atoms with Crippen molar-refractivity contribution in [1.82, 2.24) is 0 Å². The Balaban J connectivity index is 2.27. The molecule has 0 bridgehead atoms. The molecule has 2 N–H and O–H groups in total. The summed E-state index contributed by atoms with van der Waals surface area (Å²) in [6.07, 6.45) is 4.05. The first-order valence-corrected chi connectivity index (χ1v) is 7.39. The molecule has 2 rings (SSSR count). The van der Waals surface area contributed by atoms with E-state index in [9.17, 15) is 14.9 Å². The van der Waals surface area contributed by atoms with Crippen LogP contribution >= 0.6 is 0 Å². The summed E-state index contributed by atoms with van der Waals surface area (Å²) in [7, 11) is 0. The number of nitro benzene ring substituents is 1. The number of unbranched alkanes of at least 4 members (excludes halogenated alkanes) is 1. The summed E-state index contributed by atoms with van der Waals surface area (Å²) in [5.41, 5.74) is 2.06. The van der Waals surface area contributed by atoms with E-state index >= 15 is 0 Å². The van der Waals surface area contributed by atoms with Crippen LogP contribution in [0.2, 0.25) is 0 Å². The molecule has 0 aliphatic carbocycles. The molecule has 0 radical (unpaired) electrons. The van der Waals surface area contributed by atoms with Crippen molar-refractivity contribution in [2.24, 2.45) is 0 Å². The third kappa shape index (κ3) is 3.71. The summed E-state index contributed by atoms with van der Waals surface area (Å²) in [5, 5.41) is 17.2. The second kappa shape index (κ2) is 6.56. The van der Waals surface area contributed by atoms with Crippen molar-refractivity contribution in [3.63, 3.8) is 0 Å². The molecule has 0 fully saturated rings. The minimum Gasteiger partial charge on any atom is -0.377 e. The number of aryl methyl sites for hydroxylation is 1. The van der Waals surface area contributed by atoms with Gasteiger partial charge in [0, 0.05) is 24.2 Å². The molecule has 0 spiro atoms. The van der Waals surface area contributed by atoms with E-state index in [0.29, 0.717) is 24.2 Å². The average molecular weight is 291 g/mol. The largest absolute Gasteiger partial charge is 0.377 e. The van der Waals surface area contributed by atoms with E-state index in [1.807, 2.05) is 6.92 Å². The van der Waals surface area contributed by atoms with E-state index in [2.05, 4.69) is 17.6 Å². The van der Waals surface area contributed by atoms with E-state index < -0.39 is 0 Å². The number of hydrogen-bond acceptors (Lipinski definition) is 4. The standard InChI is InChI=1S/C15H21N3O3/c1-3-4-5-10(2)16-13-9-12-11(6-7-15(19)17-12)8-14(13)18(20)21/h8-10,16H,3-7H2,1-2H3,(H,17,19). The Morgan fingerprint density at radius 2 is 2.19 bits per heavy atom. The van der Waals surface area contributed by atoms with Crippen molar-refractivity contribution >= 4 is 23.0 Å². The van der Waals surface area contributed by atoms with E-state index in [0.717, 1.165) is 24.8 Å². The Morgan fingerprint density at radius 3 is 2.86 bits per heavy atom. The minimum absolute atomic E-state index is 0.0404. The van der Waals surface area contributed by atoms with Gasteiger partial charge in [-0.3, -0.25) is 14.9 Å². The molecule has 1 aromatic carbocycles. The maximum Gasteiger partial charge on any atom is 0.292 e. The second-order valence-electron chi connectivity index (χ2n) is 5.52. The van der Waals surface area contributed by atoms with Gasteiger partial charge >= 0.3 is 0 Å². The van der Waals surface area contributed by atoms with Crippen molar-refractivity contribution in [2.45, 2.75) is 52.0 Å². The molecule has 1 heterocycles. The Morgan fingerprint density at radius 1 is 1.43 bits per heavy atom. The van der Waals surface area contributed by atoms with Gasteiger partial charge in [-0.2, -0.15) is 0 Å². The highest BCUT2D eigenvalue weighted by atomic mass is 16.6. The molecule has 0 saturated heterocycles. The zero-order valence-electron chi connectivity index (χ0n) is 12.4. The van der Waals surface area contributed by atoms with E-state index in [1.165, 1.54) is 0 Å². The highest BCUT2D eigenvalue weighted by molar-refractivity contribution is 5.95. The van der Waals surface area contributed by atoms with Crippen LogP contribution in [0.25, 0.3) is 0 Å². The van der Waals surface area contributed by atoms with Gasteiger partial charge in [0.2, 0.25) is 5.91 Å². The van der Waals surface area contributed by atoms with Gasteiger partial charge in [-0.1, -0.05) is 19.8 Å². The van der Waals surface area contributed by atoms with Gasteiger partial charge < -0.3 is 10.6 Å². The summed E-state index contributed by atoms with van der Waals surface area (Å²) in [4.78, 5) is 22.3. The Labute approximate surface area is 124 Å². The number of hydrogen-bond donors (Lipinski definition) is 2. The molecule has 1 aromatic rings. The molecule has 0 saturated carbocycles. The van der Waals surface area contributed by atoms with Crippen LogP contribution in [0.4, 0.5) is 17.1 Å². The fourth-order valence-electron chi connectivity index (χ4n) is 2.53. The molecule has 1 aliphatic rings. The van der Waals surface area contributed by atoms with Crippen LogP contribution < -0.4 is 10.6 Å². The van der Waals surface area contributed by atoms with Crippen molar-refractivity contribution in [3.8, 4) is 0 Å². The molecule has 6 heteroatoms. The Hall–Kier alpha value is -2.11. The predicted octanol–water partition coefficient (Wildman–Crippen LogP) is 3.47. The number of nitro groups is 1. The zero-order chi connectivity index (χ0) is 15.4. The number of rotatable bonds is 6. The van der Waals surface area contributed by atoms with Gasteiger partial charge in [-0.05, 0) is 31.4 Å². The molecule has 1 atom stereocenters. The van der Waals surface area contributed by atoms with Gasteiger partial charge in [0.15, 0.2) is 0 Å². The summed E-state index contributed by atoms with van der Waals surface area (Å²) >= 11 is 0. The van der Waals surface area contributed by atoms with Crippen LogP contribution in [0.15, 0.2) is 12.1 Å². The lowest BCUT2D eigenvalue weighted by Gasteiger charge is -2.20. The highest BCUT2D eigenvalue weighted by Gasteiger charge is 2.23. The predicted molar refractivity (Wildman–Crippen MR) is 82.7 cm³/mol. The van der Waals surface area contributed by atoms with Crippen molar-refractivity contribution in [3.05, 3.63) is 27.8 Å². The van der Waals surface area contributed by atoms with Crippen LogP contribution in [0.3, 0.4) is 0 Å². The lowest BCUT2D eigenvalue weighted by atomic mass is 10.0. The quantitative estimate of drug-likeness (QED) is 0.621. The molecule has 114 valence electrons. The molecule has 1 amide bonds. The second-order valence-corrected chi connectivity index (χ2v) is 5.52. The first-order chi connectivity index (χ1) is 10.0. The van der Waals surface area contributed by atoms with E-state index in [4.69, 9.17) is 0 Å². The Bertz CT molecular complexity index is 557. The number of carbonyl (C=O) groups is 1. The summed E-state index contributed by atoms with van der Waals surface area (Å²) < 4.78 is 0. The highest BCUT2D eigenvalue weighted by Crippen LogP contribution is 2.34. The third-order valence-corrected chi connectivity index (χ3v) is 3.71. The molecule has 1 unspecified atom stereocenters. The summed E-state index contributed by atoms with van der Waals surface area (Å²) in [6.45, 7) is 4.13. The van der Waals surface area contributed by atoms with Crippen LogP contribution in [-0.4, -0.2) is 16.9 Å². The molecular weight excluding hydrogens is 270 g/mol. The van der Waals surface area contributed by atoms with Crippen molar-refractivity contribution in [1.29, 1.82) is 0 Å². The molecule has 0 aromatic heterocycles. The minimum atomic E-state index is -0.369. The van der Waals surface area contributed by atoms with Gasteiger partial charge in [0.1, 0.15) is 5.69 Å². The van der Waals surface area contributed by atoms with Gasteiger partial charge in [-0.25, -0.2) is 0 Å². The maximum atomic E-state index is 11.5. The lowest BCUT2D eigenvalue weighted by Crippen LogP contribution is -2.21. The summed E-state index contributed by atoms with van der Waals surface area (Å²) in [5.74, 6) is -0.0404. The monoisotopic (exact) mass is 291 g/mol. The van der Waals surface area contributed by atoms with Gasteiger partial charge in [-0.15, -0.1) is 0 Å². The van der Waals surface area contributed by atoms with Crippen LogP contribution in [0.1, 0.15) is 45.1 Å². The average Bonchev–Trinajstić information content (AvgIpc) is 2.44. The molecule has 21 heavy (non-hydrogen) atoms. The smallest absolute Gasteiger partial charge is 0.292 e. The summed E-state index contributed by atoms with van der Waals surface area (Å²) in [6, 6.07) is 3.41. The van der Waals surface area contributed by atoms with Crippen molar-refractivity contribution < 1.29 is 9.72 Å². The third-order valence-electron chi connectivity index (χ3n) is 3.71. The molecule has 1 aliphatic heterocycles. The number of fused-ring (bicyclic) bond motifs is 1. The van der Waals surface area contributed by atoms with Crippen molar-refractivity contribution in [2.75, 3.05) is 10.6 Å². The number of carbonyl (C=O) groups excluding carboxylic acids is 1. The van der Waals surface area contributed by atoms with Crippen LogP contribution in [0, 0.1) is 10.1 Å². The fraction of sp³-hybridized carbons (Fsp3) is 0.533. The first-order valence-electron chi connectivity index (χ1n) is 7.39. The topological polar surface area (TPSA) is 84.3 Å². The Kier molecular flexibility index (Phi) is 4.77. The number of benzene rings is 1. The normalized spacial score (nSPS) is 15.0. The van der Waals surface area contributed by atoms with E-state index in [-0.39, 0.29) is 22.6 Å². The number of nitrogens with zero attached hydrogens (tertiary/aromatic N) is 1. The molecular formula is C15H21N3O3. The van der Waals surface area contributed by atoms with Gasteiger partial charge in [0.25, 0.3) is 5.69 Å². The SMILES string of the molecule is CCCCC(C)Nc1cc2c(cc1[N+](=O)[O-])CCC(=O)N2. The first kappa shape index (κ1) is 15.3.